The summed E-state index contributed by atoms with van der Waals surface area (Å²) in [5, 5.41) is 0. The molecule has 0 unspecified atom stereocenters. The fourth-order valence-corrected chi connectivity index (χ4v) is 3.34. The van der Waals surface area contributed by atoms with E-state index in [4.69, 9.17) is 14.2 Å². The second kappa shape index (κ2) is 10.2. The van der Waals surface area contributed by atoms with Crippen molar-refractivity contribution in [2.45, 2.75) is 58.7 Å². The minimum Gasteiger partial charge on any atom is -0.461 e. The van der Waals surface area contributed by atoms with Gasteiger partial charge < -0.3 is 14.2 Å². The zero-order valence-electron chi connectivity index (χ0n) is 17.1. The highest BCUT2D eigenvalue weighted by atomic mass is 16.6. The van der Waals surface area contributed by atoms with Crippen LogP contribution in [0.25, 0.3) is 0 Å². The number of hydrogen-bond donors (Lipinski definition) is 0. The molecule has 158 valence electrons. The molecule has 7 heteroatoms. The van der Waals surface area contributed by atoms with E-state index < -0.39 is 36.0 Å². The lowest BCUT2D eigenvalue weighted by Crippen LogP contribution is -2.35. The van der Waals surface area contributed by atoms with Crippen LogP contribution in [0, 0.1) is 11.8 Å². The highest BCUT2D eigenvalue weighted by Gasteiger charge is 2.45. The van der Waals surface area contributed by atoms with Crippen molar-refractivity contribution in [2.24, 2.45) is 11.8 Å². The number of carbonyl (C=O) groups excluding carboxylic acids is 4. The van der Waals surface area contributed by atoms with Crippen LogP contribution in [-0.2, 0) is 33.4 Å². The van der Waals surface area contributed by atoms with Gasteiger partial charge in [-0.15, -0.1) is 0 Å². The van der Waals surface area contributed by atoms with Gasteiger partial charge in [-0.2, -0.15) is 0 Å². The number of allylic oxidation sites excluding steroid dienone is 1. The Balaban J connectivity index is 2.41. The summed E-state index contributed by atoms with van der Waals surface area (Å²) in [5.74, 6) is -2.31. The van der Waals surface area contributed by atoms with Gasteiger partial charge in [0.15, 0.2) is 0 Å². The van der Waals surface area contributed by atoms with Crippen LogP contribution < -0.4 is 0 Å². The SMILES string of the molecule is C=C1C(=O)O[C@@H]2/C=C(\COC(C)=O)CC/C=C(/C=O)C[C@H](OC(=O)[C@H](C)CC)[C@@H]12. The maximum atomic E-state index is 12.4. The van der Waals surface area contributed by atoms with E-state index in [-0.39, 0.29) is 24.5 Å². The number of esters is 3. The first-order valence-electron chi connectivity index (χ1n) is 9.84. The maximum Gasteiger partial charge on any atom is 0.334 e. The average Bonchev–Trinajstić information content (AvgIpc) is 2.96. The third kappa shape index (κ3) is 5.89. The lowest BCUT2D eigenvalue weighted by molar-refractivity contribution is -0.156. The Bertz CT molecular complexity index is 746. The molecule has 29 heavy (non-hydrogen) atoms. The van der Waals surface area contributed by atoms with Crippen molar-refractivity contribution in [3.05, 3.63) is 35.5 Å². The molecular weight excluding hydrogens is 376 g/mol. The van der Waals surface area contributed by atoms with Gasteiger partial charge in [0.1, 0.15) is 25.1 Å². The number of hydrogen-bond acceptors (Lipinski definition) is 7. The molecular formula is C22H28O7. The quantitative estimate of drug-likeness (QED) is 0.221. The van der Waals surface area contributed by atoms with Crippen LogP contribution in [0.15, 0.2) is 35.5 Å². The van der Waals surface area contributed by atoms with Gasteiger partial charge >= 0.3 is 17.9 Å². The van der Waals surface area contributed by atoms with E-state index in [1.807, 2.05) is 6.92 Å². The highest BCUT2D eigenvalue weighted by molar-refractivity contribution is 5.91. The number of rotatable bonds is 6. The monoisotopic (exact) mass is 404 g/mol. The Morgan fingerprint density at radius 2 is 2.14 bits per heavy atom. The number of ether oxygens (including phenoxy) is 3. The molecule has 1 aliphatic carbocycles. The van der Waals surface area contributed by atoms with Crippen LogP contribution in [0.5, 0.6) is 0 Å². The van der Waals surface area contributed by atoms with E-state index in [1.165, 1.54) is 6.92 Å². The Kier molecular flexibility index (Phi) is 7.93. The summed E-state index contributed by atoms with van der Waals surface area (Å²) in [4.78, 5) is 47.4. The fraction of sp³-hybridized carbons (Fsp3) is 0.545. The van der Waals surface area contributed by atoms with Gasteiger partial charge in [-0.05, 0) is 36.5 Å². The normalized spacial score (nSPS) is 29.3. The third-order valence-electron chi connectivity index (χ3n) is 5.27. The molecule has 0 saturated carbocycles. The molecule has 0 aromatic carbocycles. The van der Waals surface area contributed by atoms with Gasteiger partial charge in [0, 0.05) is 18.9 Å². The molecule has 0 bridgehead atoms. The Hall–Kier alpha value is -2.70. The molecule has 1 fully saturated rings. The van der Waals surface area contributed by atoms with E-state index in [1.54, 1.807) is 19.1 Å². The predicted molar refractivity (Wildman–Crippen MR) is 105 cm³/mol. The van der Waals surface area contributed by atoms with E-state index in [0.717, 1.165) is 11.9 Å². The summed E-state index contributed by atoms with van der Waals surface area (Å²) in [6.07, 6.45) is 4.65. The predicted octanol–water partition coefficient (Wildman–Crippen LogP) is 2.84. The first-order valence-corrected chi connectivity index (χ1v) is 9.84. The van der Waals surface area contributed by atoms with Gasteiger partial charge in [0.2, 0.25) is 0 Å². The van der Waals surface area contributed by atoms with Gasteiger partial charge in [-0.3, -0.25) is 14.4 Å². The van der Waals surface area contributed by atoms with Crippen molar-refractivity contribution < 1.29 is 33.4 Å². The summed E-state index contributed by atoms with van der Waals surface area (Å²) in [6, 6.07) is 0. The standard InChI is InChI=1S/C22H28O7/c1-5-13(2)21(25)28-18-9-16(11-23)7-6-8-17(12-27-15(4)24)10-19-20(18)14(3)22(26)29-19/h7,10-11,13,18-20H,3,5-6,8-9,12H2,1-2,4H3/b16-7+,17-10-/t13-,18+,19-,20-/m1/s1. The highest BCUT2D eigenvalue weighted by Crippen LogP contribution is 2.36. The molecule has 7 nitrogen and oxygen atoms in total. The van der Waals surface area contributed by atoms with Crippen molar-refractivity contribution in [3.63, 3.8) is 0 Å². The molecule has 0 N–H and O–H groups in total. The fourth-order valence-electron chi connectivity index (χ4n) is 3.34. The largest absolute Gasteiger partial charge is 0.461 e. The number of aldehydes is 1. The van der Waals surface area contributed by atoms with Crippen molar-refractivity contribution in [1.29, 1.82) is 0 Å². The molecule has 0 radical (unpaired) electrons. The number of carbonyl (C=O) groups is 4. The molecule has 1 saturated heterocycles. The first-order chi connectivity index (χ1) is 13.8. The summed E-state index contributed by atoms with van der Waals surface area (Å²) in [7, 11) is 0. The average molecular weight is 404 g/mol. The smallest absolute Gasteiger partial charge is 0.334 e. The van der Waals surface area contributed by atoms with Crippen LogP contribution in [0.3, 0.4) is 0 Å². The Morgan fingerprint density at radius 3 is 2.76 bits per heavy atom. The van der Waals surface area contributed by atoms with Crippen molar-refractivity contribution >= 4 is 24.2 Å². The van der Waals surface area contributed by atoms with Gasteiger partial charge in [0.25, 0.3) is 0 Å². The summed E-state index contributed by atoms with van der Waals surface area (Å²) in [5.41, 5.74) is 1.44. The topological polar surface area (TPSA) is 96.0 Å². The maximum absolute atomic E-state index is 12.4. The third-order valence-corrected chi connectivity index (χ3v) is 5.27. The summed E-state index contributed by atoms with van der Waals surface area (Å²) < 4.78 is 16.3. The van der Waals surface area contributed by atoms with Gasteiger partial charge in [-0.1, -0.05) is 26.5 Å². The molecule has 0 aromatic rings. The van der Waals surface area contributed by atoms with Gasteiger partial charge in [-0.25, -0.2) is 4.79 Å². The van der Waals surface area contributed by atoms with E-state index in [0.29, 0.717) is 24.8 Å². The summed E-state index contributed by atoms with van der Waals surface area (Å²) >= 11 is 0. The minimum absolute atomic E-state index is 0.0597. The molecule has 1 aliphatic heterocycles. The van der Waals surface area contributed by atoms with Crippen LogP contribution in [0.2, 0.25) is 0 Å². The summed E-state index contributed by atoms with van der Waals surface area (Å²) in [6.45, 7) is 8.85. The van der Waals surface area contributed by atoms with E-state index in [9.17, 15) is 19.2 Å². The van der Waals surface area contributed by atoms with Crippen molar-refractivity contribution in [3.8, 4) is 0 Å². The molecule has 4 atom stereocenters. The lowest BCUT2D eigenvalue weighted by atomic mass is 9.85. The van der Waals surface area contributed by atoms with Crippen molar-refractivity contribution in [2.75, 3.05) is 6.61 Å². The molecule has 2 rings (SSSR count). The lowest BCUT2D eigenvalue weighted by Gasteiger charge is -2.28. The molecule has 0 aromatic heterocycles. The van der Waals surface area contributed by atoms with Crippen LogP contribution in [0.4, 0.5) is 0 Å². The van der Waals surface area contributed by atoms with Gasteiger partial charge in [0.05, 0.1) is 11.8 Å². The Morgan fingerprint density at radius 1 is 1.41 bits per heavy atom. The Labute approximate surface area is 170 Å². The van der Waals surface area contributed by atoms with Crippen LogP contribution in [0.1, 0.15) is 46.5 Å². The second-order valence-electron chi connectivity index (χ2n) is 7.45. The molecule has 0 amide bonds. The van der Waals surface area contributed by atoms with Crippen molar-refractivity contribution in [1.82, 2.24) is 0 Å². The zero-order chi connectivity index (χ0) is 21.6. The molecule has 0 spiro atoms. The van der Waals surface area contributed by atoms with E-state index >= 15 is 0 Å². The molecule has 1 heterocycles. The second-order valence-corrected chi connectivity index (χ2v) is 7.45. The van der Waals surface area contributed by atoms with Crippen LogP contribution >= 0.6 is 0 Å². The molecule has 2 aliphatic rings. The first kappa shape index (κ1) is 22.6. The van der Waals surface area contributed by atoms with E-state index in [2.05, 4.69) is 6.58 Å². The van der Waals surface area contributed by atoms with Crippen LogP contribution in [-0.4, -0.2) is 43.0 Å². The zero-order valence-corrected chi connectivity index (χ0v) is 17.1. The minimum atomic E-state index is -0.763. The number of fused-ring (bicyclic) bond motifs is 1.